The maximum absolute atomic E-state index is 12.7. The third kappa shape index (κ3) is 3.67. The van der Waals surface area contributed by atoms with Crippen molar-refractivity contribution in [3.8, 4) is 11.1 Å². The van der Waals surface area contributed by atoms with E-state index in [1.54, 1.807) is 0 Å². The zero-order valence-electron chi connectivity index (χ0n) is 14.8. The van der Waals surface area contributed by atoms with Crippen molar-refractivity contribution in [2.75, 3.05) is 0 Å². The standard InChI is InChI=1S/C21H18ClN3OS/c1-13(14-7-3-2-4-8-14)23-11-18-24-20(26)19-16(12-27-21(19)25-18)15-9-5-6-10-17(15)22/h2-10,12-13,23H,11H2,1H3,(H,24,25,26)/p+1/t13-/m0/s1. The molecule has 3 N–H and O–H groups in total. The lowest BCUT2D eigenvalue weighted by molar-refractivity contribution is -0.708. The lowest BCUT2D eigenvalue weighted by Crippen LogP contribution is -2.83. The number of nitrogens with two attached hydrogens (primary N) is 1. The fourth-order valence-corrected chi connectivity index (χ4v) is 4.34. The molecular weight excluding hydrogens is 378 g/mol. The van der Waals surface area contributed by atoms with E-state index in [-0.39, 0.29) is 11.6 Å². The van der Waals surface area contributed by atoms with Gasteiger partial charge >= 0.3 is 0 Å². The van der Waals surface area contributed by atoms with Crippen LogP contribution in [-0.2, 0) is 6.54 Å². The molecule has 4 aromatic rings. The monoisotopic (exact) mass is 396 g/mol. The number of H-pyrrole nitrogens is 1. The van der Waals surface area contributed by atoms with Gasteiger partial charge in [-0.2, -0.15) is 0 Å². The van der Waals surface area contributed by atoms with E-state index in [9.17, 15) is 4.79 Å². The minimum Gasteiger partial charge on any atom is -0.334 e. The second-order valence-electron chi connectivity index (χ2n) is 6.46. The maximum atomic E-state index is 12.7. The van der Waals surface area contributed by atoms with E-state index in [1.807, 2.05) is 47.8 Å². The molecule has 136 valence electrons. The highest BCUT2D eigenvalue weighted by molar-refractivity contribution is 7.17. The molecule has 0 saturated heterocycles. The van der Waals surface area contributed by atoms with E-state index < -0.39 is 0 Å². The van der Waals surface area contributed by atoms with Crippen LogP contribution in [0.3, 0.4) is 0 Å². The second-order valence-corrected chi connectivity index (χ2v) is 7.73. The second kappa shape index (κ2) is 7.64. The fourth-order valence-electron chi connectivity index (χ4n) is 3.15. The van der Waals surface area contributed by atoms with Gasteiger partial charge < -0.3 is 10.3 Å². The Kier molecular flexibility index (Phi) is 5.07. The third-order valence-corrected chi connectivity index (χ3v) is 5.85. The van der Waals surface area contributed by atoms with Crippen LogP contribution in [0.5, 0.6) is 0 Å². The molecule has 0 aliphatic rings. The van der Waals surface area contributed by atoms with Gasteiger partial charge in [0.05, 0.1) is 5.39 Å². The number of nitrogens with zero attached hydrogens (tertiary/aromatic N) is 1. The maximum Gasteiger partial charge on any atom is 0.260 e. The zero-order chi connectivity index (χ0) is 18.8. The molecule has 0 fully saturated rings. The fraction of sp³-hybridized carbons (Fsp3) is 0.143. The van der Waals surface area contributed by atoms with Crippen LogP contribution in [0.1, 0.15) is 24.4 Å². The van der Waals surface area contributed by atoms with Crippen LogP contribution in [0.25, 0.3) is 21.3 Å². The first-order valence-electron chi connectivity index (χ1n) is 8.77. The summed E-state index contributed by atoms with van der Waals surface area (Å²) in [6, 6.07) is 18.1. The van der Waals surface area contributed by atoms with Gasteiger partial charge in [-0.1, -0.05) is 60.1 Å². The Balaban J connectivity index is 1.62. The number of halogens is 1. The van der Waals surface area contributed by atoms with Crippen LogP contribution in [0.2, 0.25) is 5.02 Å². The summed E-state index contributed by atoms with van der Waals surface area (Å²) in [5, 5.41) is 5.36. The van der Waals surface area contributed by atoms with Crippen molar-refractivity contribution >= 4 is 33.2 Å². The van der Waals surface area contributed by atoms with Crippen LogP contribution < -0.4 is 10.9 Å². The number of thiophene rings is 1. The van der Waals surface area contributed by atoms with Gasteiger partial charge in [0.15, 0.2) is 5.82 Å². The minimum atomic E-state index is -0.119. The van der Waals surface area contributed by atoms with Crippen LogP contribution in [-0.4, -0.2) is 9.97 Å². The number of aromatic nitrogens is 2. The van der Waals surface area contributed by atoms with Crippen LogP contribution in [0.4, 0.5) is 0 Å². The minimum absolute atomic E-state index is 0.119. The lowest BCUT2D eigenvalue weighted by Gasteiger charge is -2.10. The molecule has 2 aromatic carbocycles. The highest BCUT2D eigenvalue weighted by Crippen LogP contribution is 2.34. The van der Waals surface area contributed by atoms with E-state index in [2.05, 4.69) is 34.3 Å². The molecule has 0 unspecified atom stereocenters. The van der Waals surface area contributed by atoms with Gasteiger partial charge in [-0.3, -0.25) is 4.79 Å². The first-order valence-corrected chi connectivity index (χ1v) is 10.0. The third-order valence-electron chi connectivity index (χ3n) is 4.65. The van der Waals surface area contributed by atoms with Crippen molar-refractivity contribution in [3.63, 3.8) is 0 Å². The largest absolute Gasteiger partial charge is 0.334 e. The Bertz CT molecular complexity index is 1140. The summed E-state index contributed by atoms with van der Waals surface area (Å²) in [5.74, 6) is 0.683. The SMILES string of the molecule is C[C@H]([NH2+]Cc1nc2scc(-c3ccccc3Cl)c2c(=O)[nH]1)c1ccccc1. The molecule has 0 spiro atoms. The Morgan fingerprint density at radius 1 is 1.11 bits per heavy atom. The van der Waals surface area contributed by atoms with Crippen LogP contribution in [0.15, 0.2) is 64.8 Å². The molecule has 0 aliphatic carbocycles. The number of aromatic amines is 1. The molecule has 2 aromatic heterocycles. The van der Waals surface area contributed by atoms with Crippen LogP contribution in [0, 0.1) is 0 Å². The molecule has 0 radical (unpaired) electrons. The molecular formula is C21H19ClN3OS+. The molecule has 0 saturated carbocycles. The first kappa shape index (κ1) is 17.9. The molecule has 6 heteroatoms. The lowest BCUT2D eigenvalue weighted by atomic mass is 10.1. The average Bonchev–Trinajstić information content (AvgIpc) is 3.11. The topological polar surface area (TPSA) is 62.4 Å². The van der Waals surface area contributed by atoms with Crippen LogP contribution >= 0.6 is 22.9 Å². The van der Waals surface area contributed by atoms with Gasteiger partial charge in [0.1, 0.15) is 17.4 Å². The molecule has 0 bridgehead atoms. The van der Waals surface area contributed by atoms with Crippen molar-refractivity contribution < 1.29 is 5.32 Å². The van der Waals surface area contributed by atoms with Gasteiger partial charge in [-0.25, -0.2) is 4.98 Å². The Hall–Kier alpha value is -2.47. The summed E-state index contributed by atoms with van der Waals surface area (Å²) in [5.41, 5.74) is 2.82. The van der Waals surface area contributed by atoms with Crippen molar-refractivity contribution in [1.29, 1.82) is 0 Å². The van der Waals surface area contributed by atoms with E-state index >= 15 is 0 Å². The Labute approximate surface area is 165 Å². The van der Waals surface area contributed by atoms with Crippen molar-refractivity contribution in [3.05, 3.63) is 86.7 Å². The summed E-state index contributed by atoms with van der Waals surface area (Å²) in [6.07, 6.45) is 0. The van der Waals surface area contributed by atoms with Gasteiger partial charge in [0.25, 0.3) is 5.56 Å². The van der Waals surface area contributed by atoms with Gasteiger partial charge in [0, 0.05) is 27.1 Å². The number of benzene rings is 2. The predicted octanol–water partition coefficient (Wildman–Crippen LogP) is 4.13. The summed E-state index contributed by atoms with van der Waals surface area (Å²) in [4.78, 5) is 21.1. The number of hydrogen-bond donors (Lipinski definition) is 2. The molecule has 2 heterocycles. The number of nitrogens with one attached hydrogen (secondary N) is 1. The number of hydrogen-bond acceptors (Lipinski definition) is 3. The Morgan fingerprint density at radius 3 is 2.63 bits per heavy atom. The van der Waals surface area contributed by atoms with E-state index in [0.717, 1.165) is 16.0 Å². The van der Waals surface area contributed by atoms with Crippen molar-refractivity contribution in [2.45, 2.75) is 19.5 Å². The molecule has 4 nitrogen and oxygen atoms in total. The Morgan fingerprint density at radius 2 is 1.85 bits per heavy atom. The van der Waals surface area contributed by atoms with Crippen molar-refractivity contribution in [2.24, 2.45) is 0 Å². The molecule has 0 aliphatic heterocycles. The summed E-state index contributed by atoms with van der Waals surface area (Å²) in [6.45, 7) is 2.76. The highest BCUT2D eigenvalue weighted by Gasteiger charge is 2.16. The molecule has 1 atom stereocenters. The highest BCUT2D eigenvalue weighted by atomic mass is 35.5. The van der Waals surface area contributed by atoms with Crippen molar-refractivity contribution in [1.82, 2.24) is 9.97 Å². The first-order chi connectivity index (χ1) is 13.1. The van der Waals surface area contributed by atoms with E-state index in [0.29, 0.717) is 22.8 Å². The number of fused-ring (bicyclic) bond motifs is 1. The predicted molar refractivity (Wildman–Crippen MR) is 111 cm³/mol. The summed E-state index contributed by atoms with van der Waals surface area (Å²) >= 11 is 7.78. The molecule has 0 amide bonds. The average molecular weight is 397 g/mol. The summed E-state index contributed by atoms with van der Waals surface area (Å²) in [7, 11) is 0. The van der Waals surface area contributed by atoms with Gasteiger partial charge in [-0.15, -0.1) is 11.3 Å². The quantitative estimate of drug-likeness (QED) is 0.532. The molecule has 27 heavy (non-hydrogen) atoms. The van der Waals surface area contributed by atoms with Gasteiger partial charge in [0.2, 0.25) is 0 Å². The van der Waals surface area contributed by atoms with Gasteiger partial charge in [-0.05, 0) is 13.0 Å². The normalized spacial score (nSPS) is 12.4. The van der Waals surface area contributed by atoms with E-state index in [4.69, 9.17) is 11.6 Å². The summed E-state index contributed by atoms with van der Waals surface area (Å²) < 4.78 is 0. The number of quaternary nitrogens is 1. The smallest absolute Gasteiger partial charge is 0.260 e. The zero-order valence-corrected chi connectivity index (χ0v) is 16.3. The number of rotatable bonds is 5. The molecule has 4 rings (SSSR count). The van der Waals surface area contributed by atoms with E-state index in [1.165, 1.54) is 16.9 Å².